The lowest BCUT2D eigenvalue weighted by Gasteiger charge is -2.23. The first-order chi connectivity index (χ1) is 8.86. The molecular weight excluding hydrogens is 224 g/mol. The number of hydrogen-bond acceptors (Lipinski definition) is 2. The molecule has 1 aliphatic carbocycles. The number of fused-ring (bicyclic) bond motifs is 1. The van der Waals surface area contributed by atoms with E-state index in [-0.39, 0.29) is 0 Å². The Morgan fingerprint density at radius 2 is 1.78 bits per heavy atom. The summed E-state index contributed by atoms with van der Waals surface area (Å²) in [6, 6.07) is 9.20. The first-order valence-electron chi connectivity index (χ1n) is 6.73. The quantitative estimate of drug-likeness (QED) is 0.336. The molecule has 0 spiro atoms. The topological polar surface area (TPSA) is 53.6 Å². The van der Waals surface area contributed by atoms with Gasteiger partial charge in [0.25, 0.3) is 0 Å². The summed E-state index contributed by atoms with van der Waals surface area (Å²) in [7, 11) is 0. The highest BCUT2D eigenvalue weighted by Gasteiger charge is 2.23. The van der Waals surface area contributed by atoms with Gasteiger partial charge in [-0.05, 0) is 36.8 Å². The van der Waals surface area contributed by atoms with E-state index in [1.807, 2.05) is 0 Å². The molecule has 0 bridgehead atoms. The second-order valence-corrected chi connectivity index (χ2v) is 5.08. The van der Waals surface area contributed by atoms with Gasteiger partial charge in [0.2, 0.25) is 5.96 Å². The fourth-order valence-electron chi connectivity index (χ4n) is 2.47. The molecule has 1 heterocycles. The molecule has 1 aromatic rings. The van der Waals surface area contributed by atoms with Gasteiger partial charge in [-0.2, -0.15) is 0 Å². The third-order valence-electron chi connectivity index (χ3n) is 3.70. The normalized spacial score (nSPS) is 20.3. The third-order valence-corrected chi connectivity index (χ3v) is 3.70. The number of rotatable bonds is 1. The molecule has 2 aliphatic rings. The maximum absolute atomic E-state index is 5.61. The SMILES string of the molecule is NNC(=NC1CC1)N1CCc2ccccc2CC1. The van der Waals surface area contributed by atoms with E-state index in [1.165, 1.54) is 24.0 Å². The maximum atomic E-state index is 5.61. The zero-order chi connectivity index (χ0) is 12.4. The number of benzene rings is 1. The number of hydrazine groups is 1. The molecule has 3 N–H and O–H groups in total. The van der Waals surface area contributed by atoms with E-state index in [4.69, 9.17) is 5.84 Å². The molecule has 18 heavy (non-hydrogen) atoms. The average Bonchev–Trinajstić information content (AvgIpc) is 3.22. The molecule has 0 radical (unpaired) electrons. The molecule has 1 aromatic carbocycles. The number of aliphatic imine (C=N–C) groups is 1. The first-order valence-corrected chi connectivity index (χ1v) is 6.73. The Morgan fingerprint density at radius 3 is 2.28 bits per heavy atom. The van der Waals surface area contributed by atoms with Gasteiger partial charge >= 0.3 is 0 Å². The summed E-state index contributed by atoms with van der Waals surface area (Å²) in [5.74, 6) is 6.48. The highest BCUT2D eigenvalue weighted by atomic mass is 15.4. The van der Waals surface area contributed by atoms with Crippen LogP contribution in [-0.2, 0) is 12.8 Å². The van der Waals surface area contributed by atoms with Crippen LogP contribution < -0.4 is 11.3 Å². The van der Waals surface area contributed by atoms with Gasteiger partial charge in [-0.25, -0.2) is 10.8 Å². The monoisotopic (exact) mass is 244 g/mol. The summed E-state index contributed by atoms with van der Waals surface area (Å²) in [5.41, 5.74) is 5.70. The third kappa shape index (κ3) is 2.48. The number of hydrogen-bond donors (Lipinski definition) is 2. The van der Waals surface area contributed by atoms with Crippen LogP contribution in [0.1, 0.15) is 24.0 Å². The van der Waals surface area contributed by atoms with Gasteiger partial charge in [-0.15, -0.1) is 0 Å². The van der Waals surface area contributed by atoms with Gasteiger partial charge < -0.3 is 4.90 Å². The smallest absolute Gasteiger partial charge is 0.208 e. The van der Waals surface area contributed by atoms with E-state index in [0.717, 1.165) is 31.9 Å². The van der Waals surface area contributed by atoms with Gasteiger partial charge in [0.05, 0.1) is 6.04 Å². The largest absolute Gasteiger partial charge is 0.341 e. The minimum Gasteiger partial charge on any atom is -0.341 e. The molecule has 0 atom stereocenters. The molecule has 4 nitrogen and oxygen atoms in total. The molecular formula is C14H20N4. The maximum Gasteiger partial charge on any atom is 0.208 e. The van der Waals surface area contributed by atoms with Crippen molar-refractivity contribution in [1.82, 2.24) is 10.3 Å². The number of nitrogens with one attached hydrogen (secondary N) is 1. The van der Waals surface area contributed by atoms with Crippen molar-refractivity contribution in [3.05, 3.63) is 35.4 Å². The van der Waals surface area contributed by atoms with Crippen LogP contribution in [0.15, 0.2) is 29.3 Å². The van der Waals surface area contributed by atoms with E-state index in [2.05, 4.69) is 39.6 Å². The van der Waals surface area contributed by atoms with Crippen molar-refractivity contribution in [2.24, 2.45) is 10.8 Å². The van der Waals surface area contributed by atoms with Crippen molar-refractivity contribution >= 4 is 5.96 Å². The Bertz CT molecular complexity index is 424. The minimum absolute atomic E-state index is 0.502. The van der Waals surface area contributed by atoms with Crippen LogP contribution in [0.5, 0.6) is 0 Å². The minimum atomic E-state index is 0.502. The molecule has 0 saturated heterocycles. The van der Waals surface area contributed by atoms with Crippen molar-refractivity contribution in [2.45, 2.75) is 31.7 Å². The lowest BCUT2D eigenvalue weighted by atomic mass is 10.0. The predicted octanol–water partition coefficient (Wildman–Crippen LogP) is 1.07. The Labute approximate surface area is 108 Å². The number of guanidine groups is 1. The van der Waals surface area contributed by atoms with Gasteiger partial charge in [0.15, 0.2) is 0 Å². The first kappa shape index (κ1) is 11.5. The molecule has 1 saturated carbocycles. The van der Waals surface area contributed by atoms with E-state index < -0.39 is 0 Å². The van der Waals surface area contributed by atoms with Crippen molar-refractivity contribution in [2.75, 3.05) is 13.1 Å². The average molecular weight is 244 g/mol. The molecule has 0 unspecified atom stereocenters. The zero-order valence-corrected chi connectivity index (χ0v) is 10.6. The van der Waals surface area contributed by atoms with Crippen molar-refractivity contribution < 1.29 is 0 Å². The lowest BCUT2D eigenvalue weighted by molar-refractivity contribution is 0.421. The number of nitrogens with zero attached hydrogens (tertiary/aromatic N) is 2. The van der Waals surface area contributed by atoms with E-state index >= 15 is 0 Å². The van der Waals surface area contributed by atoms with E-state index in [0.29, 0.717) is 6.04 Å². The van der Waals surface area contributed by atoms with Crippen LogP contribution in [0.4, 0.5) is 0 Å². The van der Waals surface area contributed by atoms with Crippen LogP contribution in [0.25, 0.3) is 0 Å². The van der Waals surface area contributed by atoms with E-state index in [1.54, 1.807) is 0 Å². The Morgan fingerprint density at radius 1 is 1.17 bits per heavy atom. The van der Waals surface area contributed by atoms with Crippen molar-refractivity contribution in [3.8, 4) is 0 Å². The fourth-order valence-corrected chi connectivity index (χ4v) is 2.47. The second kappa shape index (κ2) is 4.98. The zero-order valence-electron chi connectivity index (χ0n) is 10.6. The predicted molar refractivity (Wildman–Crippen MR) is 73.2 cm³/mol. The summed E-state index contributed by atoms with van der Waals surface area (Å²) in [6.45, 7) is 1.99. The summed E-state index contributed by atoms with van der Waals surface area (Å²) in [6.07, 6.45) is 4.56. The van der Waals surface area contributed by atoms with E-state index in [9.17, 15) is 0 Å². The molecule has 0 aromatic heterocycles. The molecule has 0 amide bonds. The van der Waals surface area contributed by atoms with Crippen LogP contribution in [0, 0.1) is 0 Å². The lowest BCUT2D eigenvalue weighted by Crippen LogP contribution is -2.46. The number of nitrogens with two attached hydrogens (primary N) is 1. The van der Waals surface area contributed by atoms with Gasteiger partial charge in [0, 0.05) is 13.1 Å². The Kier molecular flexibility index (Phi) is 3.19. The Balaban J connectivity index is 1.73. The molecule has 1 fully saturated rings. The van der Waals surface area contributed by atoms with Crippen LogP contribution >= 0.6 is 0 Å². The summed E-state index contributed by atoms with van der Waals surface area (Å²) in [5, 5.41) is 0. The summed E-state index contributed by atoms with van der Waals surface area (Å²) >= 11 is 0. The molecule has 1 aliphatic heterocycles. The fraction of sp³-hybridized carbons (Fsp3) is 0.500. The van der Waals surface area contributed by atoms with Crippen molar-refractivity contribution in [1.29, 1.82) is 0 Å². The van der Waals surface area contributed by atoms with Crippen LogP contribution in [0.2, 0.25) is 0 Å². The second-order valence-electron chi connectivity index (χ2n) is 5.08. The Hall–Kier alpha value is -1.55. The standard InChI is InChI=1S/C14H20N4/c15-17-14(16-13-5-6-13)18-9-7-11-3-1-2-4-12(11)8-10-18/h1-4,13H,5-10,15H2,(H,16,17). The molecule has 3 rings (SSSR count). The van der Waals surface area contributed by atoms with Gasteiger partial charge in [0.1, 0.15) is 0 Å². The molecule has 96 valence electrons. The van der Waals surface area contributed by atoms with Gasteiger partial charge in [-0.1, -0.05) is 24.3 Å². The summed E-state index contributed by atoms with van der Waals surface area (Å²) < 4.78 is 0. The highest BCUT2D eigenvalue weighted by molar-refractivity contribution is 5.79. The van der Waals surface area contributed by atoms with Crippen LogP contribution in [-0.4, -0.2) is 30.0 Å². The van der Waals surface area contributed by atoms with Crippen molar-refractivity contribution in [3.63, 3.8) is 0 Å². The highest BCUT2D eigenvalue weighted by Crippen LogP contribution is 2.24. The molecule has 4 heteroatoms. The summed E-state index contributed by atoms with van der Waals surface area (Å²) in [4.78, 5) is 6.92. The van der Waals surface area contributed by atoms with Crippen LogP contribution in [0.3, 0.4) is 0 Å². The van der Waals surface area contributed by atoms with Gasteiger partial charge in [-0.3, -0.25) is 5.43 Å².